The van der Waals surface area contributed by atoms with Crippen molar-refractivity contribution in [3.8, 4) is 5.75 Å². The number of hydrogen-bond donors (Lipinski definition) is 1. The Morgan fingerprint density at radius 1 is 0.925 bits per heavy atom. The van der Waals surface area contributed by atoms with E-state index in [1.54, 1.807) is 42.5 Å². The van der Waals surface area contributed by atoms with Gasteiger partial charge in [0.15, 0.2) is 0 Å². The van der Waals surface area contributed by atoms with Crippen molar-refractivity contribution < 1.29 is 22.7 Å². The van der Waals surface area contributed by atoms with Crippen LogP contribution in [0.1, 0.15) is 44.7 Å². The lowest BCUT2D eigenvalue weighted by Crippen LogP contribution is -2.53. The molecule has 0 bridgehead atoms. The van der Waals surface area contributed by atoms with Gasteiger partial charge >= 0.3 is 0 Å². The van der Waals surface area contributed by atoms with Crippen LogP contribution in [0.4, 0.5) is 5.69 Å². The first-order valence-corrected chi connectivity index (χ1v) is 14.9. The average Bonchev–Trinajstić information content (AvgIpc) is 2.96. The summed E-state index contributed by atoms with van der Waals surface area (Å²) < 4.78 is 34.0. The number of aryl methyl sites for hydroxylation is 1. The monoisotopic (exact) mass is 565 g/mol. The third-order valence-electron chi connectivity index (χ3n) is 6.79. The van der Waals surface area contributed by atoms with Crippen LogP contribution in [-0.2, 0) is 26.2 Å². The zero-order valence-electron chi connectivity index (χ0n) is 23.8. The van der Waals surface area contributed by atoms with E-state index in [2.05, 4.69) is 5.32 Å². The van der Waals surface area contributed by atoms with Crippen LogP contribution in [0.25, 0.3) is 0 Å². The second kappa shape index (κ2) is 14.0. The fourth-order valence-corrected chi connectivity index (χ4v) is 5.78. The van der Waals surface area contributed by atoms with Crippen molar-refractivity contribution in [3.63, 3.8) is 0 Å². The largest absolute Gasteiger partial charge is 0.497 e. The molecule has 0 unspecified atom stereocenters. The highest BCUT2D eigenvalue weighted by Crippen LogP contribution is 2.26. The van der Waals surface area contributed by atoms with Crippen molar-refractivity contribution in [2.75, 3.05) is 18.0 Å². The van der Waals surface area contributed by atoms with Gasteiger partial charge in [0, 0.05) is 12.6 Å². The molecular weight excluding hydrogens is 526 g/mol. The van der Waals surface area contributed by atoms with E-state index >= 15 is 0 Å². The molecule has 0 aliphatic carbocycles. The molecule has 3 rings (SSSR count). The SMILES string of the molecule is CC[C@H](C)NC(=O)[C@H](CC)N(Cc1cccc(C)c1)C(=O)CN(c1ccccc1)S(=O)(=O)c1ccc(OC)cc1. The second-order valence-corrected chi connectivity index (χ2v) is 11.6. The highest BCUT2D eigenvalue weighted by molar-refractivity contribution is 7.92. The maximum Gasteiger partial charge on any atom is 0.264 e. The van der Waals surface area contributed by atoms with E-state index in [4.69, 9.17) is 4.74 Å². The number of hydrogen-bond acceptors (Lipinski definition) is 5. The summed E-state index contributed by atoms with van der Waals surface area (Å²) in [4.78, 5) is 28.9. The molecular formula is C31H39N3O5S. The third-order valence-corrected chi connectivity index (χ3v) is 8.58. The second-order valence-electron chi connectivity index (χ2n) is 9.78. The summed E-state index contributed by atoms with van der Waals surface area (Å²) in [7, 11) is -2.63. The lowest BCUT2D eigenvalue weighted by Gasteiger charge is -2.33. The van der Waals surface area contributed by atoms with E-state index in [0.29, 0.717) is 17.9 Å². The van der Waals surface area contributed by atoms with Crippen LogP contribution in [0.2, 0.25) is 0 Å². The van der Waals surface area contributed by atoms with Gasteiger partial charge in [-0.15, -0.1) is 0 Å². The Hall–Kier alpha value is -3.85. The number of benzene rings is 3. The number of nitrogens with zero attached hydrogens (tertiary/aromatic N) is 2. The van der Waals surface area contributed by atoms with Gasteiger partial charge < -0.3 is 15.0 Å². The summed E-state index contributed by atoms with van der Waals surface area (Å²) in [5.74, 6) is -0.223. The number of nitrogens with one attached hydrogen (secondary N) is 1. The Balaban J connectivity index is 2.03. The van der Waals surface area contributed by atoms with Crippen molar-refractivity contribution >= 4 is 27.5 Å². The van der Waals surface area contributed by atoms with Crippen molar-refractivity contribution in [2.45, 2.75) is 64.1 Å². The molecule has 3 aromatic carbocycles. The topological polar surface area (TPSA) is 96.0 Å². The molecule has 2 amide bonds. The predicted octanol–water partition coefficient (Wildman–Crippen LogP) is 4.92. The standard InChI is InChI=1S/C31H39N3O5S/c1-6-24(4)32-31(36)29(7-2)33(21-25-13-11-12-23(3)20-25)30(35)22-34(26-14-9-8-10-15-26)40(37,38)28-18-16-27(39-5)17-19-28/h8-20,24,29H,6-7,21-22H2,1-5H3,(H,32,36)/t24-,29-/m0/s1. The summed E-state index contributed by atoms with van der Waals surface area (Å²) in [5, 5.41) is 2.99. The molecule has 9 heteroatoms. The smallest absolute Gasteiger partial charge is 0.264 e. The maximum absolute atomic E-state index is 14.1. The van der Waals surface area contributed by atoms with E-state index in [1.165, 1.54) is 24.1 Å². The highest BCUT2D eigenvalue weighted by atomic mass is 32.2. The summed E-state index contributed by atoms with van der Waals surface area (Å²) >= 11 is 0. The first-order valence-electron chi connectivity index (χ1n) is 13.5. The van der Waals surface area contributed by atoms with Crippen LogP contribution in [0.3, 0.4) is 0 Å². The lowest BCUT2D eigenvalue weighted by atomic mass is 10.1. The Kier molecular flexibility index (Phi) is 10.7. The molecule has 0 spiro atoms. The lowest BCUT2D eigenvalue weighted by molar-refractivity contribution is -0.140. The maximum atomic E-state index is 14.1. The molecule has 8 nitrogen and oxygen atoms in total. The van der Waals surface area contributed by atoms with Gasteiger partial charge in [-0.2, -0.15) is 0 Å². The molecule has 0 aromatic heterocycles. The molecule has 0 aliphatic rings. The minimum atomic E-state index is -4.13. The molecule has 0 radical (unpaired) electrons. The Morgan fingerprint density at radius 3 is 2.17 bits per heavy atom. The van der Waals surface area contributed by atoms with Gasteiger partial charge in [-0.05, 0) is 68.7 Å². The summed E-state index contributed by atoms with van der Waals surface area (Å²) in [5.41, 5.74) is 2.22. The summed E-state index contributed by atoms with van der Waals surface area (Å²) in [6.07, 6.45) is 1.12. The quantitative estimate of drug-likeness (QED) is 0.317. The van der Waals surface area contributed by atoms with Crippen molar-refractivity contribution in [1.29, 1.82) is 0 Å². The molecule has 1 N–H and O–H groups in total. The van der Waals surface area contributed by atoms with Gasteiger partial charge in [0.05, 0.1) is 17.7 Å². The van der Waals surface area contributed by atoms with Gasteiger partial charge in [-0.3, -0.25) is 13.9 Å². The molecule has 0 fully saturated rings. The number of methoxy groups -OCH3 is 1. The number of carbonyl (C=O) groups is 2. The van der Waals surface area contributed by atoms with E-state index in [9.17, 15) is 18.0 Å². The Bertz CT molecular complexity index is 1380. The number of para-hydroxylation sites is 1. The molecule has 0 aliphatic heterocycles. The molecule has 0 heterocycles. The van der Waals surface area contributed by atoms with Crippen LogP contribution >= 0.6 is 0 Å². The molecule has 0 saturated carbocycles. The summed E-state index contributed by atoms with van der Waals surface area (Å²) in [6.45, 7) is 7.39. The van der Waals surface area contributed by atoms with Gasteiger partial charge in [0.2, 0.25) is 11.8 Å². The van der Waals surface area contributed by atoms with Crippen LogP contribution < -0.4 is 14.4 Å². The van der Waals surface area contributed by atoms with Crippen molar-refractivity contribution in [1.82, 2.24) is 10.2 Å². The number of sulfonamides is 1. The van der Waals surface area contributed by atoms with Gasteiger partial charge in [-0.25, -0.2) is 8.42 Å². The number of amides is 2. The first kappa shape index (κ1) is 30.7. The van der Waals surface area contributed by atoms with Crippen LogP contribution in [0, 0.1) is 6.92 Å². The minimum absolute atomic E-state index is 0.0248. The molecule has 0 saturated heterocycles. The Morgan fingerprint density at radius 2 is 1.60 bits per heavy atom. The van der Waals surface area contributed by atoms with Crippen LogP contribution in [0.5, 0.6) is 5.75 Å². The minimum Gasteiger partial charge on any atom is -0.497 e. The molecule has 2 atom stereocenters. The van der Waals surface area contributed by atoms with Gasteiger partial charge in [-0.1, -0.05) is 61.9 Å². The fraction of sp³-hybridized carbons (Fsp3) is 0.355. The number of rotatable bonds is 13. The fourth-order valence-electron chi connectivity index (χ4n) is 4.37. The summed E-state index contributed by atoms with van der Waals surface area (Å²) in [6, 6.07) is 21.4. The molecule has 40 heavy (non-hydrogen) atoms. The molecule has 214 valence electrons. The van der Waals surface area contributed by atoms with E-state index < -0.39 is 28.5 Å². The normalized spacial score (nSPS) is 12.7. The van der Waals surface area contributed by atoms with E-state index in [0.717, 1.165) is 21.9 Å². The highest BCUT2D eigenvalue weighted by Gasteiger charge is 2.34. The molecule has 3 aromatic rings. The zero-order chi connectivity index (χ0) is 29.3. The van der Waals surface area contributed by atoms with Crippen LogP contribution in [-0.4, -0.2) is 50.9 Å². The predicted molar refractivity (Wildman–Crippen MR) is 158 cm³/mol. The average molecular weight is 566 g/mol. The number of ether oxygens (including phenoxy) is 1. The van der Waals surface area contributed by atoms with E-state index in [1.807, 2.05) is 52.0 Å². The third kappa shape index (κ3) is 7.63. The van der Waals surface area contributed by atoms with E-state index in [-0.39, 0.29) is 23.4 Å². The van der Waals surface area contributed by atoms with Crippen molar-refractivity contribution in [3.05, 3.63) is 90.0 Å². The van der Waals surface area contributed by atoms with Gasteiger partial charge in [0.1, 0.15) is 18.3 Å². The number of anilines is 1. The van der Waals surface area contributed by atoms with Crippen LogP contribution in [0.15, 0.2) is 83.8 Å². The first-order chi connectivity index (χ1) is 19.1. The zero-order valence-corrected chi connectivity index (χ0v) is 24.6. The van der Waals surface area contributed by atoms with Crippen molar-refractivity contribution in [2.24, 2.45) is 0 Å². The number of carbonyl (C=O) groups excluding carboxylic acids is 2. The Labute approximate surface area is 238 Å². The van der Waals surface area contributed by atoms with Gasteiger partial charge in [0.25, 0.3) is 10.0 Å².